The number of amides is 1. The summed E-state index contributed by atoms with van der Waals surface area (Å²) in [5, 5.41) is 3.58. The summed E-state index contributed by atoms with van der Waals surface area (Å²) in [5.41, 5.74) is 3.24. The molecule has 4 aromatic rings. The van der Waals surface area contributed by atoms with Gasteiger partial charge in [0, 0.05) is 29.7 Å². The number of thiazole rings is 1. The number of aromatic nitrogens is 1. The third-order valence-corrected chi connectivity index (χ3v) is 5.74. The monoisotopic (exact) mass is 402 g/mol. The largest absolute Gasteiger partial charge is 0.461 e. The number of carbonyl (C=O) groups is 1. The summed E-state index contributed by atoms with van der Waals surface area (Å²) in [4.78, 5) is 18.0. The molecule has 146 valence electrons. The van der Waals surface area contributed by atoms with Gasteiger partial charge in [0.25, 0.3) is 0 Å². The Balaban J connectivity index is 1.32. The lowest BCUT2D eigenvalue weighted by atomic mass is 10.1. The summed E-state index contributed by atoms with van der Waals surface area (Å²) in [6.07, 6.45) is 1.74. The molecule has 0 bridgehead atoms. The van der Waals surface area contributed by atoms with Gasteiger partial charge in [0.15, 0.2) is 5.13 Å². The zero-order valence-electron chi connectivity index (χ0n) is 16.2. The van der Waals surface area contributed by atoms with Crippen LogP contribution in [0.4, 0.5) is 5.13 Å². The molecule has 4 rings (SSSR count). The summed E-state index contributed by atoms with van der Waals surface area (Å²) in [5.74, 6) is 1.57. The first kappa shape index (κ1) is 19.2. The van der Waals surface area contributed by atoms with Crippen molar-refractivity contribution in [1.82, 2.24) is 4.98 Å². The van der Waals surface area contributed by atoms with Gasteiger partial charge in [-0.15, -0.1) is 11.3 Å². The van der Waals surface area contributed by atoms with Gasteiger partial charge in [-0.2, -0.15) is 0 Å². The van der Waals surface area contributed by atoms with Crippen LogP contribution in [-0.4, -0.2) is 10.9 Å². The molecule has 4 nitrogen and oxygen atoms in total. The average molecular weight is 403 g/mol. The fraction of sp³-hybridized carbons (Fsp3) is 0.167. The maximum atomic E-state index is 12.4. The van der Waals surface area contributed by atoms with Crippen LogP contribution >= 0.6 is 11.3 Å². The van der Waals surface area contributed by atoms with E-state index in [-0.39, 0.29) is 5.91 Å². The number of hydrogen-bond acceptors (Lipinski definition) is 4. The number of rotatable bonds is 7. The minimum absolute atomic E-state index is 0.0531. The third-order valence-electron chi connectivity index (χ3n) is 4.66. The van der Waals surface area contributed by atoms with Gasteiger partial charge in [-0.25, -0.2) is 4.98 Å². The first-order valence-corrected chi connectivity index (χ1v) is 10.4. The van der Waals surface area contributed by atoms with Crippen LogP contribution in [0.15, 0.2) is 77.2 Å². The molecule has 2 aromatic heterocycles. The second kappa shape index (κ2) is 8.88. The van der Waals surface area contributed by atoms with E-state index in [2.05, 4.69) is 22.4 Å². The fourth-order valence-corrected chi connectivity index (χ4v) is 4.13. The van der Waals surface area contributed by atoms with E-state index >= 15 is 0 Å². The molecule has 1 amide bonds. The predicted molar refractivity (Wildman–Crippen MR) is 117 cm³/mol. The summed E-state index contributed by atoms with van der Waals surface area (Å²) in [6, 6.07) is 24.1. The van der Waals surface area contributed by atoms with Crippen LogP contribution in [0, 0.1) is 6.92 Å². The topological polar surface area (TPSA) is 55.1 Å². The van der Waals surface area contributed by atoms with Gasteiger partial charge in [-0.1, -0.05) is 60.7 Å². The normalized spacial score (nSPS) is 10.8. The van der Waals surface area contributed by atoms with Crippen LogP contribution in [0.2, 0.25) is 0 Å². The SMILES string of the molecule is Cc1nc(NC(=O)CCc2ccc(-c3ccccc3)o2)sc1Cc1ccccc1. The molecule has 29 heavy (non-hydrogen) atoms. The Morgan fingerprint density at radius 2 is 1.72 bits per heavy atom. The van der Waals surface area contributed by atoms with Crippen LogP contribution in [-0.2, 0) is 17.6 Å². The van der Waals surface area contributed by atoms with Crippen molar-refractivity contribution in [3.05, 3.63) is 94.7 Å². The number of anilines is 1. The molecule has 0 radical (unpaired) electrons. The molecular formula is C24H22N2O2S. The van der Waals surface area contributed by atoms with Crippen molar-refractivity contribution < 1.29 is 9.21 Å². The molecular weight excluding hydrogens is 380 g/mol. The lowest BCUT2D eigenvalue weighted by molar-refractivity contribution is -0.116. The molecule has 0 saturated carbocycles. The number of furan rings is 1. The number of aryl methyl sites for hydroxylation is 2. The van der Waals surface area contributed by atoms with E-state index in [0.29, 0.717) is 18.0 Å². The molecule has 0 fully saturated rings. The second-order valence-electron chi connectivity index (χ2n) is 6.87. The van der Waals surface area contributed by atoms with E-state index in [9.17, 15) is 4.79 Å². The minimum Gasteiger partial charge on any atom is -0.461 e. The van der Waals surface area contributed by atoms with Crippen molar-refractivity contribution in [1.29, 1.82) is 0 Å². The quantitative estimate of drug-likeness (QED) is 0.420. The predicted octanol–water partition coefficient (Wildman–Crippen LogP) is 5.87. The summed E-state index contributed by atoms with van der Waals surface area (Å²) in [6.45, 7) is 1.98. The molecule has 1 N–H and O–H groups in total. The zero-order valence-corrected chi connectivity index (χ0v) is 17.0. The Morgan fingerprint density at radius 3 is 2.48 bits per heavy atom. The number of carbonyl (C=O) groups excluding carboxylic acids is 1. The highest BCUT2D eigenvalue weighted by atomic mass is 32.1. The lowest BCUT2D eigenvalue weighted by Crippen LogP contribution is -2.11. The molecule has 0 spiro atoms. The smallest absolute Gasteiger partial charge is 0.226 e. The standard InChI is InChI=1S/C24H22N2O2S/c1-17-22(16-18-8-4-2-5-9-18)29-24(25-17)26-23(27)15-13-20-12-14-21(28-20)19-10-6-3-7-11-19/h2-12,14H,13,15-16H2,1H3,(H,25,26,27). The Morgan fingerprint density at radius 1 is 1.00 bits per heavy atom. The Bertz CT molecular complexity index is 1080. The molecule has 0 saturated heterocycles. The Kier molecular flexibility index (Phi) is 5.86. The van der Waals surface area contributed by atoms with Gasteiger partial charge in [0.2, 0.25) is 5.91 Å². The van der Waals surface area contributed by atoms with E-state index in [1.807, 2.05) is 67.6 Å². The Hall–Kier alpha value is -3.18. The molecule has 2 aromatic carbocycles. The van der Waals surface area contributed by atoms with Gasteiger partial charge in [0.1, 0.15) is 11.5 Å². The summed E-state index contributed by atoms with van der Waals surface area (Å²) < 4.78 is 5.87. The van der Waals surface area contributed by atoms with E-state index in [4.69, 9.17) is 4.42 Å². The van der Waals surface area contributed by atoms with Crippen LogP contribution in [0.3, 0.4) is 0 Å². The van der Waals surface area contributed by atoms with Gasteiger partial charge >= 0.3 is 0 Å². The molecule has 2 heterocycles. The van der Waals surface area contributed by atoms with E-state index < -0.39 is 0 Å². The third kappa shape index (κ3) is 5.00. The molecule has 0 aliphatic carbocycles. The van der Waals surface area contributed by atoms with Gasteiger partial charge < -0.3 is 9.73 Å². The molecule has 0 aliphatic rings. The summed E-state index contributed by atoms with van der Waals surface area (Å²) in [7, 11) is 0. The van der Waals surface area contributed by atoms with Crippen molar-refractivity contribution in [2.24, 2.45) is 0 Å². The number of benzene rings is 2. The van der Waals surface area contributed by atoms with Crippen molar-refractivity contribution in [2.45, 2.75) is 26.2 Å². The zero-order chi connectivity index (χ0) is 20.1. The maximum Gasteiger partial charge on any atom is 0.226 e. The van der Waals surface area contributed by atoms with E-state index in [1.54, 1.807) is 0 Å². The second-order valence-corrected chi connectivity index (χ2v) is 7.95. The highest BCUT2D eigenvalue weighted by Crippen LogP contribution is 2.26. The Labute approximate surface area is 174 Å². The summed E-state index contributed by atoms with van der Waals surface area (Å²) >= 11 is 1.54. The fourth-order valence-electron chi connectivity index (χ4n) is 3.12. The van der Waals surface area contributed by atoms with Gasteiger partial charge in [-0.3, -0.25) is 4.79 Å². The first-order chi connectivity index (χ1) is 14.2. The molecule has 0 unspecified atom stereocenters. The number of nitrogens with one attached hydrogen (secondary N) is 1. The minimum atomic E-state index is -0.0531. The van der Waals surface area contributed by atoms with Crippen molar-refractivity contribution in [2.75, 3.05) is 5.32 Å². The first-order valence-electron chi connectivity index (χ1n) is 9.61. The highest BCUT2D eigenvalue weighted by molar-refractivity contribution is 7.15. The van der Waals surface area contributed by atoms with Crippen molar-refractivity contribution in [3.63, 3.8) is 0 Å². The van der Waals surface area contributed by atoms with Crippen LogP contribution < -0.4 is 5.32 Å². The number of hydrogen-bond donors (Lipinski definition) is 1. The van der Waals surface area contributed by atoms with Crippen LogP contribution in [0.5, 0.6) is 0 Å². The molecule has 0 atom stereocenters. The van der Waals surface area contributed by atoms with Crippen molar-refractivity contribution in [3.8, 4) is 11.3 Å². The van der Waals surface area contributed by atoms with Crippen LogP contribution in [0.1, 0.15) is 28.3 Å². The van der Waals surface area contributed by atoms with Gasteiger partial charge in [-0.05, 0) is 24.6 Å². The molecule has 0 aliphatic heterocycles. The highest BCUT2D eigenvalue weighted by Gasteiger charge is 2.12. The average Bonchev–Trinajstić information content (AvgIpc) is 3.35. The van der Waals surface area contributed by atoms with Crippen molar-refractivity contribution >= 4 is 22.4 Å². The van der Waals surface area contributed by atoms with Crippen LogP contribution in [0.25, 0.3) is 11.3 Å². The maximum absolute atomic E-state index is 12.4. The number of nitrogens with zero attached hydrogens (tertiary/aromatic N) is 1. The van der Waals surface area contributed by atoms with Gasteiger partial charge in [0.05, 0.1) is 5.69 Å². The molecule has 5 heteroatoms. The van der Waals surface area contributed by atoms with E-state index in [1.165, 1.54) is 21.8 Å². The van der Waals surface area contributed by atoms with E-state index in [0.717, 1.165) is 29.2 Å². The lowest BCUT2D eigenvalue weighted by Gasteiger charge is -2.01.